The van der Waals surface area contributed by atoms with Crippen LogP contribution < -0.4 is 5.32 Å². The summed E-state index contributed by atoms with van der Waals surface area (Å²) in [6.45, 7) is 2.52. The van der Waals surface area contributed by atoms with Gasteiger partial charge in [-0.25, -0.2) is 4.39 Å². The molecule has 2 rings (SSSR count). The normalized spacial score (nSPS) is 10.6. The Morgan fingerprint density at radius 1 is 1.33 bits per heavy atom. The van der Waals surface area contributed by atoms with Gasteiger partial charge in [-0.3, -0.25) is 9.78 Å². The second-order valence-electron chi connectivity index (χ2n) is 4.09. The van der Waals surface area contributed by atoms with E-state index in [1.165, 1.54) is 12.1 Å². The SMILES string of the molecule is CCNC(=O)CCc1ccc2ccc(F)cc2n1. The lowest BCUT2D eigenvalue weighted by Crippen LogP contribution is -2.22. The Labute approximate surface area is 105 Å². The molecule has 0 aliphatic rings. The lowest BCUT2D eigenvalue weighted by molar-refractivity contribution is -0.120. The number of rotatable bonds is 4. The summed E-state index contributed by atoms with van der Waals surface area (Å²) in [4.78, 5) is 15.7. The minimum absolute atomic E-state index is 0.0126. The van der Waals surface area contributed by atoms with Crippen LogP contribution in [0.5, 0.6) is 0 Å². The third-order valence-electron chi connectivity index (χ3n) is 2.69. The van der Waals surface area contributed by atoms with E-state index in [4.69, 9.17) is 0 Å². The van der Waals surface area contributed by atoms with Gasteiger partial charge in [0.25, 0.3) is 0 Å². The van der Waals surface area contributed by atoms with Crippen LogP contribution in [0.1, 0.15) is 19.0 Å². The Bertz CT molecular complexity index is 569. The summed E-state index contributed by atoms with van der Waals surface area (Å²) in [5.41, 5.74) is 1.43. The fraction of sp³-hybridized carbons (Fsp3) is 0.286. The lowest BCUT2D eigenvalue weighted by atomic mass is 10.1. The first kappa shape index (κ1) is 12.5. The minimum Gasteiger partial charge on any atom is -0.356 e. The highest BCUT2D eigenvalue weighted by molar-refractivity contribution is 5.79. The van der Waals surface area contributed by atoms with Crippen molar-refractivity contribution in [1.82, 2.24) is 10.3 Å². The topological polar surface area (TPSA) is 42.0 Å². The number of aromatic nitrogens is 1. The number of amides is 1. The zero-order valence-corrected chi connectivity index (χ0v) is 10.2. The van der Waals surface area contributed by atoms with Crippen LogP contribution in [0.15, 0.2) is 30.3 Å². The van der Waals surface area contributed by atoms with E-state index in [9.17, 15) is 9.18 Å². The summed E-state index contributed by atoms with van der Waals surface area (Å²) in [6, 6.07) is 8.29. The molecule has 1 N–H and O–H groups in total. The van der Waals surface area contributed by atoms with E-state index in [0.717, 1.165) is 11.1 Å². The number of nitrogens with one attached hydrogen (secondary N) is 1. The summed E-state index contributed by atoms with van der Waals surface area (Å²) < 4.78 is 13.1. The molecule has 0 bridgehead atoms. The molecule has 1 heterocycles. The van der Waals surface area contributed by atoms with Crippen molar-refractivity contribution >= 4 is 16.8 Å². The van der Waals surface area contributed by atoms with Crippen LogP contribution >= 0.6 is 0 Å². The van der Waals surface area contributed by atoms with E-state index >= 15 is 0 Å². The molecule has 1 aromatic heterocycles. The van der Waals surface area contributed by atoms with Crippen molar-refractivity contribution in [2.75, 3.05) is 6.54 Å². The Kier molecular flexibility index (Phi) is 3.87. The van der Waals surface area contributed by atoms with Gasteiger partial charge in [0.2, 0.25) is 5.91 Å². The van der Waals surface area contributed by atoms with Crippen LogP contribution in [-0.2, 0) is 11.2 Å². The van der Waals surface area contributed by atoms with Gasteiger partial charge in [-0.15, -0.1) is 0 Å². The van der Waals surface area contributed by atoms with E-state index < -0.39 is 0 Å². The van der Waals surface area contributed by atoms with Crippen LogP contribution in [0, 0.1) is 5.82 Å². The van der Waals surface area contributed by atoms with Crippen molar-refractivity contribution in [3.8, 4) is 0 Å². The minimum atomic E-state index is -0.295. The second kappa shape index (κ2) is 5.58. The monoisotopic (exact) mass is 246 g/mol. The van der Waals surface area contributed by atoms with Gasteiger partial charge >= 0.3 is 0 Å². The quantitative estimate of drug-likeness (QED) is 0.900. The molecule has 0 saturated heterocycles. The maximum absolute atomic E-state index is 13.1. The van der Waals surface area contributed by atoms with Gasteiger partial charge in [0.1, 0.15) is 5.82 Å². The summed E-state index contributed by atoms with van der Waals surface area (Å²) in [5.74, 6) is -0.283. The molecular weight excluding hydrogens is 231 g/mol. The summed E-state index contributed by atoms with van der Waals surface area (Å²) >= 11 is 0. The third-order valence-corrected chi connectivity index (χ3v) is 2.69. The first-order valence-electron chi connectivity index (χ1n) is 6.01. The zero-order chi connectivity index (χ0) is 13.0. The predicted octanol–water partition coefficient (Wildman–Crippen LogP) is 2.44. The van der Waals surface area contributed by atoms with Crippen molar-refractivity contribution in [2.45, 2.75) is 19.8 Å². The second-order valence-corrected chi connectivity index (χ2v) is 4.09. The fourth-order valence-corrected chi connectivity index (χ4v) is 1.80. The summed E-state index contributed by atoms with van der Waals surface area (Å²) in [5, 5.41) is 3.64. The van der Waals surface area contributed by atoms with E-state index in [0.29, 0.717) is 24.9 Å². The van der Waals surface area contributed by atoms with Crippen LogP contribution in [0.25, 0.3) is 10.9 Å². The van der Waals surface area contributed by atoms with E-state index in [-0.39, 0.29) is 11.7 Å². The van der Waals surface area contributed by atoms with E-state index in [1.807, 2.05) is 19.1 Å². The highest BCUT2D eigenvalue weighted by atomic mass is 19.1. The third kappa shape index (κ3) is 3.03. The van der Waals surface area contributed by atoms with Gasteiger partial charge in [-0.1, -0.05) is 6.07 Å². The number of hydrogen-bond acceptors (Lipinski definition) is 2. The number of nitrogens with zero attached hydrogens (tertiary/aromatic N) is 1. The fourth-order valence-electron chi connectivity index (χ4n) is 1.80. The molecule has 1 amide bonds. The lowest BCUT2D eigenvalue weighted by Gasteiger charge is -2.04. The number of benzene rings is 1. The molecule has 0 atom stereocenters. The van der Waals surface area contributed by atoms with Crippen molar-refractivity contribution in [3.63, 3.8) is 0 Å². The zero-order valence-electron chi connectivity index (χ0n) is 10.2. The Morgan fingerprint density at radius 3 is 2.89 bits per heavy atom. The molecule has 3 nitrogen and oxygen atoms in total. The molecule has 1 aromatic carbocycles. The van der Waals surface area contributed by atoms with Gasteiger partial charge in [-0.2, -0.15) is 0 Å². The molecule has 0 aliphatic heterocycles. The Morgan fingerprint density at radius 2 is 2.11 bits per heavy atom. The largest absolute Gasteiger partial charge is 0.356 e. The van der Waals surface area contributed by atoms with Gasteiger partial charge < -0.3 is 5.32 Å². The molecule has 0 spiro atoms. The molecule has 0 aliphatic carbocycles. The number of pyridine rings is 1. The Balaban J connectivity index is 2.12. The van der Waals surface area contributed by atoms with Crippen LogP contribution in [0.3, 0.4) is 0 Å². The number of fused-ring (bicyclic) bond motifs is 1. The van der Waals surface area contributed by atoms with Crippen LogP contribution in [0.2, 0.25) is 0 Å². The van der Waals surface area contributed by atoms with Crippen LogP contribution in [0.4, 0.5) is 4.39 Å². The predicted molar refractivity (Wildman–Crippen MR) is 68.7 cm³/mol. The number of halogens is 1. The van der Waals surface area contributed by atoms with Gasteiger partial charge in [-0.05, 0) is 31.5 Å². The summed E-state index contributed by atoms with van der Waals surface area (Å²) in [7, 11) is 0. The molecule has 4 heteroatoms. The standard InChI is InChI=1S/C14H15FN2O/c1-2-16-14(18)8-7-12-6-4-10-3-5-11(15)9-13(10)17-12/h3-6,9H,2,7-8H2,1H3,(H,16,18). The average Bonchev–Trinajstić information content (AvgIpc) is 2.36. The molecule has 0 fully saturated rings. The van der Waals surface area contributed by atoms with Gasteiger partial charge in [0.05, 0.1) is 5.52 Å². The van der Waals surface area contributed by atoms with Gasteiger partial charge in [0.15, 0.2) is 0 Å². The molecular formula is C14H15FN2O. The Hall–Kier alpha value is -1.97. The maximum Gasteiger partial charge on any atom is 0.220 e. The highest BCUT2D eigenvalue weighted by Crippen LogP contribution is 2.14. The van der Waals surface area contributed by atoms with Crippen molar-refractivity contribution in [3.05, 3.63) is 41.8 Å². The van der Waals surface area contributed by atoms with Crippen molar-refractivity contribution in [1.29, 1.82) is 0 Å². The molecule has 18 heavy (non-hydrogen) atoms. The smallest absolute Gasteiger partial charge is 0.220 e. The molecule has 2 aromatic rings. The first-order valence-corrected chi connectivity index (χ1v) is 6.01. The maximum atomic E-state index is 13.1. The van der Waals surface area contributed by atoms with E-state index in [2.05, 4.69) is 10.3 Å². The number of aryl methyl sites for hydroxylation is 1. The molecule has 0 radical (unpaired) electrons. The number of carbonyl (C=O) groups is 1. The first-order chi connectivity index (χ1) is 8.69. The van der Waals surface area contributed by atoms with Gasteiger partial charge in [0, 0.05) is 30.1 Å². The summed E-state index contributed by atoms with van der Waals surface area (Å²) in [6.07, 6.45) is 0.972. The molecule has 94 valence electrons. The highest BCUT2D eigenvalue weighted by Gasteiger charge is 2.03. The number of carbonyl (C=O) groups excluding carboxylic acids is 1. The molecule has 0 unspecified atom stereocenters. The van der Waals surface area contributed by atoms with Crippen molar-refractivity contribution < 1.29 is 9.18 Å². The average molecular weight is 246 g/mol. The molecule has 0 saturated carbocycles. The van der Waals surface area contributed by atoms with Crippen molar-refractivity contribution in [2.24, 2.45) is 0 Å². The van der Waals surface area contributed by atoms with E-state index in [1.54, 1.807) is 6.07 Å². The number of hydrogen-bond donors (Lipinski definition) is 1. The van der Waals surface area contributed by atoms with Crippen LogP contribution in [-0.4, -0.2) is 17.4 Å².